The van der Waals surface area contributed by atoms with Gasteiger partial charge in [0.2, 0.25) is 5.91 Å². The number of aromatic amines is 1. The van der Waals surface area contributed by atoms with Gasteiger partial charge in [0.15, 0.2) is 10.3 Å². The summed E-state index contributed by atoms with van der Waals surface area (Å²) in [5.74, 6) is 0.0709. The lowest BCUT2D eigenvalue weighted by molar-refractivity contribution is -0.113. The van der Waals surface area contributed by atoms with E-state index in [0.29, 0.717) is 10.3 Å². The highest BCUT2D eigenvalue weighted by Gasteiger charge is 2.15. The molecule has 0 unspecified atom stereocenters. The molecule has 0 fully saturated rings. The van der Waals surface area contributed by atoms with Gasteiger partial charge >= 0.3 is 0 Å². The molecule has 0 saturated carbocycles. The molecule has 2 aromatic carbocycles. The number of aromatic nitrogens is 4. The highest BCUT2D eigenvalue weighted by molar-refractivity contribution is 7.99. The fraction of sp³-hybridized carbons (Fsp3) is 0.120. The topological polar surface area (TPSA) is 83.6 Å². The quantitative estimate of drug-likeness (QED) is 0.231. The minimum atomic E-state index is -0.136. The van der Waals surface area contributed by atoms with Gasteiger partial charge in [-0.05, 0) is 26.0 Å². The third kappa shape index (κ3) is 4.67. The summed E-state index contributed by atoms with van der Waals surface area (Å²) < 4.78 is 0. The number of rotatable bonds is 6. The van der Waals surface area contributed by atoms with Crippen molar-refractivity contribution in [3.8, 4) is 22.5 Å². The largest absolute Gasteiger partial charge is 0.358 e. The van der Waals surface area contributed by atoms with Crippen molar-refractivity contribution in [1.29, 1.82) is 0 Å². The van der Waals surface area contributed by atoms with Gasteiger partial charge in [0.25, 0.3) is 0 Å². The van der Waals surface area contributed by atoms with Crippen molar-refractivity contribution >= 4 is 45.0 Å². The van der Waals surface area contributed by atoms with Crippen molar-refractivity contribution in [2.45, 2.75) is 19.0 Å². The standard InChI is InChI=1S/C25H21N5OS2/c1-15-12-20(17-8-4-3-5-9-17)28-24(26-15)33-14-22(31)30-25-29-21(13-32-25)23-16(2)27-19-11-7-6-10-18(19)23/h3-13,27H,14H2,1-2H3,(H,29,30,31). The molecule has 6 nitrogen and oxygen atoms in total. The normalized spacial score (nSPS) is 11.1. The van der Waals surface area contributed by atoms with Crippen LogP contribution in [-0.2, 0) is 4.79 Å². The molecule has 3 heterocycles. The summed E-state index contributed by atoms with van der Waals surface area (Å²) in [4.78, 5) is 29.7. The number of thioether (sulfide) groups is 1. The Balaban J connectivity index is 1.27. The number of benzene rings is 2. The van der Waals surface area contributed by atoms with Crippen LogP contribution < -0.4 is 5.32 Å². The number of carbonyl (C=O) groups is 1. The Hall–Kier alpha value is -3.49. The van der Waals surface area contributed by atoms with E-state index in [0.717, 1.165) is 44.8 Å². The SMILES string of the molecule is Cc1cc(-c2ccccc2)nc(SCC(=O)Nc2nc(-c3c(C)[nH]c4ccccc34)cs2)n1. The summed E-state index contributed by atoms with van der Waals surface area (Å²) in [6.45, 7) is 3.97. The number of hydrogen-bond donors (Lipinski definition) is 2. The first kappa shape index (κ1) is 21.4. The third-order valence-corrected chi connectivity index (χ3v) is 6.74. The fourth-order valence-corrected chi connectivity index (χ4v) is 5.12. The second-order valence-electron chi connectivity index (χ2n) is 7.59. The van der Waals surface area contributed by atoms with Crippen molar-refractivity contribution in [1.82, 2.24) is 19.9 Å². The number of para-hydroxylation sites is 1. The lowest BCUT2D eigenvalue weighted by atomic mass is 10.1. The third-order valence-electron chi connectivity index (χ3n) is 5.14. The minimum Gasteiger partial charge on any atom is -0.358 e. The van der Waals surface area contributed by atoms with Gasteiger partial charge in [0.05, 0.1) is 17.1 Å². The molecule has 33 heavy (non-hydrogen) atoms. The van der Waals surface area contributed by atoms with E-state index >= 15 is 0 Å². The van der Waals surface area contributed by atoms with Gasteiger partial charge in [0, 0.05) is 38.8 Å². The Morgan fingerprint density at radius 3 is 2.64 bits per heavy atom. The smallest absolute Gasteiger partial charge is 0.236 e. The number of anilines is 1. The van der Waals surface area contributed by atoms with Crippen molar-refractivity contribution in [3.05, 3.63) is 77.4 Å². The molecule has 0 aliphatic carbocycles. The number of H-pyrrole nitrogens is 1. The van der Waals surface area contributed by atoms with Gasteiger partial charge in [-0.15, -0.1) is 11.3 Å². The number of nitrogens with zero attached hydrogens (tertiary/aromatic N) is 3. The maximum atomic E-state index is 12.6. The van der Waals surface area contributed by atoms with E-state index in [1.54, 1.807) is 0 Å². The van der Waals surface area contributed by atoms with Gasteiger partial charge in [0.1, 0.15) is 0 Å². The Labute approximate surface area is 199 Å². The summed E-state index contributed by atoms with van der Waals surface area (Å²) in [6, 6.07) is 20.1. The molecule has 8 heteroatoms. The zero-order valence-corrected chi connectivity index (χ0v) is 19.8. The Morgan fingerprint density at radius 1 is 1.00 bits per heavy atom. The Bertz CT molecular complexity index is 1440. The molecule has 0 aliphatic rings. The van der Waals surface area contributed by atoms with E-state index in [2.05, 4.69) is 37.4 Å². The summed E-state index contributed by atoms with van der Waals surface area (Å²) >= 11 is 2.74. The molecule has 2 N–H and O–H groups in total. The number of carbonyl (C=O) groups excluding carboxylic acids is 1. The number of nitrogens with one attached hydrogen (secondary N) is 2. The van der Waals surface area contributed by atoms with Crippen LogP contribution in [0.15, 0.2) is 71.2 Å². The van der Waals surface area contributed by atoms with Crippen molar-refractivity contribution in [2.24, 2.45) is 0 Å². The summed E-state index contributed by atoms with van der Waals surface area (Å²) in [5.41, 5.74) is 6.80. The van der Waals surface area contributed by atoms with Crippen LogP contribution >= 0.6 is 23.1 Å². The van der Waals surface area contributed by atoms with Crippen molar-refractivity contribution in [2.75, 3.05) is 11.1 Å². The summed E-state index contributed by atoms with van der Waals surface area (Å²) in [7, 11) is 0. The number of hydrogen-bond acceptors (Lipinski definition) is 6. The molecule has 0 spiro atoms. The van der Waals surface area contributed by atoms with Crippen LogP contribution in [0.4, 0.5) is 5.13 Å². The van der Waals surface area contributed by atoms with Gasteiger partial charge in [-0.1, -0.05) is 60.3 Å². The molecule has 3 aromatic heterocycles. The second-order valence-corrected chi connectivity index (χ2v) is 9.39. The molecule has 0 bridgehead atoms. The maximum Gasteiger partial charge on any atom is 0.236 e. The first-order valence-corrected chi connectivity index (χ1v) is 12.3. The van der Waals surface area contributed by atoms with Gasteiger partial charge in [-0.25, -0.2) is 15.0 Å². The first-order chi connectivity index (χ1) is 16.1. The van der Waals surface area contributed by atoms with Gasteiger partial charge < -0.3 is 10.3 Å². The zero-order valence-electron chi connectivity index (χ0n) is 18.1. The number of fused-ring (bicyclic) bond motifs is 1. The van der Waals surface area contributed by atoms with Crippen LogP contribution in [0.3, 0.4) is 0 Å². The van der Waals surface area contributed by atoms with Gasteiger partial charge in [-0.3, -0.25) is 4.79 Å². The highest BCUT2D eigenvalue weighted by atomic mass is 32.2. The highest BCUT2D eigenvalue weighted by Crippen LogP contribution is 2.34. The van der Waals surface area contributed by atoms with E-state index in [4.69, 9.17) is 0 Å². The average molecular weight is 472 g/mol. The van der Waals surface area contributed by atoms with Crippen molar-refractivity contribution in [3.63, 3.8) is 0 Å². The second kappa shape index (κ2) is 9.17. The molecule has 1 amide bonds. The predicted molar refractivity (Wildman–Crippen MR) is 136 cm³/mol. The molecule has 5 aromatic rings. The molecule has 164 valence electrons. The van der Waals surface area contributed by atoms with E-state index in [1.165, 1.54) is 23.1 Å². The number of thiazole rings is 1. The van der Waals surface area contributed by atoms with Crippen molar-refractivity contribution < 1.29 is 4.79 Å². The monoisotopic (exact) mass is 471 g/mol. The lowest BCUT2D eigenvalue weighted by Crippen LogP contribution is -2.14. The zero-order chi connectivity index (χ0) is 22.8. The lowest BCUT2D eigenvalue weighted by Gasteiger charge is -2.06. The first-order valence-electron chi connectivity index (χ1n) is 10.4. The molecular formula is C25H21N5OS2. The summed E-state index contributed by atoms with van der Waals surface area (Å²) in [6.07, 6.45) is 0. The number of amides is 1. The maximum absolute atomic E-state index is 12.6. The van der Waals surface area contributed by atoms with Gasteiger partial charge in [-0.2, -0.15) is 0 Å². The molecular weight excluding hydrogens is 450 g/mol. The van der Waals surface area contributed by atoms with Crippen LogP contribution in [-0.4, -0.2) is 31.6 Å². The van der Waals surface area contributed by atoms with E-state index in [9.17, 15) is 4.79 Å². The Kier molecular flexibility index (Phi) is 5.93. The van der Waals surface area contributed by atoms with Crippen LogP contribution in [0, 0.1) is 13.8 Å². The molecule has 0 aliphatic heterocycles. The van der Waals surface area contributed by atoms with Crippen LogP contribution in [0.2, 0.25) is 0 Å². The molecule has 0 saturated heterocycles. The van der Waals surface area contributed by atoms with E-state index in [-0.39, 0.29) is 11.7 Å². The fourth-order valence-electron chi connectivity index (χ4n) is 3.70. The number of aryl methyl sites for hydroxylation is 2. The van der Waals surface area contributed by atoms with E-state index < -0.39 is 0 Å². The van der Waals surface area contributed by atoms with Crippen LogP contribution in [0.25, 0.3) is 33.4 Å². The predicted octanol–water partition coefficient (Wildman–Crippen LogP) is 6.10. The Morgan fingerprint density at radius 2 is 1.79 bits per heavy atom. The summed E-state index contributed by atoms with van der Waals surface area (Å²) in [5, 5.41) is 7.16. The molecule has 0 radical (unpaired) electrons. The minimum absolute atomic E-state index is 0.136. The molecule has 5 rings (SSSR count). The average Bonchev–Trinajstić information content (AvgIpc) is 3.40. The van der Waals surface area contributed by atoms with Crippen LogP contribution in [0.5, 0.6) is 0 Å². The van der Waals surface area contributed by atoms with E-state index in [1.807, 2.05) is 67.8 Å². The van der Waals surface area contributed by atoms with Crippen LogP contribution in [0.1, 0.15) is 11.4 Å². The molecule has 0 atom stereocenters.